The highest BCUT2D eigenvalue weighted by molar-refractivity contribution is 7.80. The molecule has 2 N–H and O–H groups in total. The van der Waals surface area contributed by atoms with Gasteiger partial charge in [-0.1, -0.05) is 6.07 Å². The van der Waals surface area contributed by atoms with Crippen molar-refractivity contribution >= 4 is 17.3 Å². The molecule has 2 atom stereocenters. The molecule has 1 aliphatic heterocycles. The van der Waals surface area contributed by atoms with Crippen molar-refractivity contribution < 1.29 is 9.52 Å². The first-order valence-corrected chi connectivity index (χ1v) is 7.34. The molecule has 0 spiro atoms. The van der Waals surface area contributed by atoms with Crippen molar-refractivity contribution in [3.63, 3.8) is 0 Å². The van der Waals surface area contributed by atoms with Gasteiger partial charge in [0.2, 0.25) is 0 Å². The van der Waals surface area contributed by atoms with Crippen LogP contribution in [0.5, 0.6) is 0 Å². The monoisotopic (exact) mass is 303 g/mol. The molecule has 2 aromatic heterocycles. The number of pyridine rings is 1. The summed E-state index contributed by atoms with van der Waals surface area (Å²) in [5.41, 5.74) is 0.924. The van der Waals surface area contributed by atoms with E-state index in [9.17, 15) is 0 Å². The fraction of sp³-hybridized carbons (Fsp3) is 0.333. The fourth-order valence-electron chi connectivity index (χ4n) is 2.66. The van der Waals surface area contributed by atoms with E-state index in [1.54, 1.807) is 12.5 Å². The standard InChI is InChI=1S/C15H17N3O2S/c19-9-4-8-18-14(12-6-3-10-20-12)13(17-15(18)21)11-5-1-2-7-16-11/h1-3,5-7,10,13-14,19H,4,8-9H2,(H,17,21)/t13-,14+/m1/s1. The third-order valence-electron chi connectivity index (χ3n) is 3.59. The van der Waals surface area contributed by atoms with Crippen LogP contribution in [0.2, 0.25) is 0 Å². The first-order chi connectivity index (χ1) is 10.3. The number of nitrogens with zero attached hydrogens (tertiary/aromatic N) is 2. The lowest BCUT2D eigenvalue weighted by atomic mass is 10.0. The average molecular weight is 303 g/mol. The number of thiocarbonyl (C=S) groups is 1. The Bertz CT molecular complexity index is 588. The maximum Gasteiger partial charge on any atom is 0.170 e. The molecular weight excluding hydrogens is 286 g/mol. The third kappa shape index (κ3) is 2.77. The van der Waals surface area contributed by atoms with Gasteiger partial charge in [0.15, 0.2) is 5.11 Å². The quantitative estimate of drug-likeness (QED) is 0.824. The Morgan fingerprint density at radius 1 is 1.33 bits per heavy atom. The van der Waals surface area contributed by atoms with Crippen molar-refractivity contribution in [1.82, 2.24) is 15.2 Å². The Morgan fingerprint density at radius 3 is 2.90 bits per heavy atom. The topological polar surface area (TPSA) is 61.5 Å². The number of nitrogens with one attached hydrogen (secondary N) is 1. The van der Waals surface area contributed by atoms with Crippen molar-refractivity contribution in [1.29, 1.82) is 0 Å². The summed E-state index contributed by atoms with van der Waals surface area (Å²) in [7, 11) is 0. The van der Waals surface area contributed by atoms with E-state index >= 15 is 0 Å². The molecule has 110 valence electrons. The number of hydrogen-bond acceptors (Lipinski definition) is 4. The summed E-state index contributed by atoms with van der Waals surface area (Å²) in [5, 5.41) is 13.1. The first kappa shape index (κ1) is 14.0. The molecule has 0 aromatic carbocycles. The summed E-state index contributed by atoms with van der Waals surface area (Å²) in [6.45, 7) is 0.815. The summed E-state index contributed by atoms with van der Waals surface area (Å²) in [5.74, 6) is 0.843. The molecule has 0 amide bonds. The Labute approximate surface area is 128 Å². The van der Waals surface area contributed by atoms with Crippen LogP contribution in [0.4, 0.5) is 0 Å². The van der Waals surface area contributed by atoms with Gasteiger partial charge in [0.05, 0.1) is 18.0 Å². The minimum atomic E-state index is -0.0523. The largest absolute Gasteiger partial charge is 0.467 e. The van der Waals surface area contributed by atoms with Gasteiger partial charge in [0, 0.05) is 19.3 Å². The summed E-state index contributed by atoms with van der Waals surface area (Å²) in [6.07, 6.45) is 4.10. The number of aliphatic hydroxyl groups is 1. The molecule has 0 aliphatic carbocycles. The average Bonchev–Trinajstić information content (AvgIpc) is 3.13. The molecule has 3 rings (SSSR count). The van der Waals surface area contributed by atoms with E-state index in [0.717, 1.165) is 11.5 Å². The Balaban J connectivity index is 1.94. The molecule has 3 heterocycles. The second-order valence-electron chi connectivity index (χ2n) is 4.91. The number of furan rings is 1. The van der Waals surface area contributed by atoms with Crippen LogP contribution in [-0.4, -0.2) is 33.3 Å². The molecule has 0 saturated carbocycles. The van der Waals surface area contributed by atoms with Crippen LogP contribution in [0, 0.1) is 0 Å². The van der Waals surface area contributed by atoms with Gasteiger partial charge >= 0.3 is 0 Å². The Morgan fingerprint density at radius 2 is 2.24 bits per heavy atom. The summed E-state index contributed by atoms with van der Waals surface area (Å²) in [4.78, 5) is 6.49. The van der Waals surface area contributed by atoms with Crippen molar-refractivity contribution in [2.45, 2.75) is 18.5 Å². The maximum atomic E-state index is 9.09. The maximum absolute atomic E-state index is 9.09. The van der Waals surface area contributed by atoms with Crippen LogP contribution in [0.25, 0.3) is 0 Å². The molecule has 6 heteroatoms. The van der Waals surface area contributed by atoms with Crippen molar-refractivity contribution in [3.05, 3.63) is 54.2 Å². The predicted octanol–water partition coefficient (Wildman–Crippen LogP) is 2.03. The summed E-state index contributed by atoms with van der Waals surface area (Å²) in [6, 6.07) is 9.55. The molecular formula is C15H17N3O2S. The fourth-order valence-corrected chi connectivity index (χ4v) is 2.99. The molecule has 0 bridgehead atoms. The highest BCUT2D eigenvalue weighted by Gasteiger charge is 2.40. The third-order valence-corrected chi connectivity index (χ3v) is 3.94. The lowest BCUT2D eigenvalue weighted by molar-refractivity contribution is 0.232. The van der Waals surface area contributed by atoms with Crippen LogP contribution in [-0.2, 0) is 0 Å². The van der Waals surface area contributed by atoms with Crippen LogP contribution < -0.4 is 5.32 Å². The molecule has 1 aliphatic rings. The second kappa shape index (κ2) is 6.24. The normalized spacial score (nSPS) is 21.6. The van der Waals surface area contributed by atoms with Gasteiger partial charge in [-0.25, -0.2) is 0 Å². The van der Waals surface area contributed by atoms with Gasteiger partial charge in [0.25, 0.3) is 0 Å². The zero-order chi connectivity index (χ0) is 14.7. The van der Waals surface area contributed by atoms with Gasteiger partial charge < -0.3 is 19.7 Å². The van der Waals surface area contributed by atoms with Gasteiger partial charge in [-0.05, 0) is 42.9 Å². The number of hydrogen-bond donors (Lipinski definition) is 2. The molecule has 21 heavy (non-hydrogen) atoms. The SMILES string of the molecule is OCCCN1C(=S)N[C@H](c2ccccn2)[C@@H]1c1ccco1. The van der Waals surface area contributed by atoms with Crippen molar-refractivity contribution in [3.8, 4) is 0 Å². The van der Waals surface area contributed by atoms with E-state index in [2.05, 4.69) is 15.2 Å². The van der Waals surface area contributed by atoms with Crippen LogP contribution in [0.15, 0.2) is 47.2 Å². The van der Waals surface area contributed by atoms with E-state index in [-0.39, 0.29) is 18.7 Å². The van der Waals surface area contributed by atoms with E-state index in [4.69, 9.17) is 21.7 Å². The number of aromatic nitrogens is 1. The molecule has 1 fully saturated rings. The zero-order valence-electron chi connectivity index (χ0n) is 11.5. The number of rotatable bonds is 5. The van der Waals surface area contributed by atoms with Gasteiger partial charge in [-0.2, -0.15) is 0 Å². The lowest BCUT2D eigenvalue weighted by Crippen LogP contribution is -2.30. The number of aliphatic hydroxyl groups excluding tert-OH is 1. The lowest BCUT2D eigenvalue weighted by Gasteiger charge is -2.25. The van der Waals surface area contributed by atoms with Crippen LogP contribution in [0.1, 0.15) is 30.0 Å². The van der Waals surface area contributed by atoms with E-state index < -0.39 is 0 Å². The van der Waals surface area contributed by atoms with Crippen LogP contribution in [0.3, 0.4) is 0 Å². The van der Waals surface area contributed by atoms with E-state index in [1.807, 2.05) is 30.3 Å². The minimum absolute atomic E-state index is 0.0473. The second-order valence-corrected chi connectivity index (χ2v) is 5.30. The molecule has 2 aromatic rings. The zero-order valence-corrected chi connectivity index (χ0v) is 12.3. The molecule has 0 radical (unpaired) electrons. The predicted molar refractivity (Wildman–Crippen MR) is 82.6 cm³/mol. The van der Waals surface area contributed by atoms with E-state index in [0.29, 0.717) is 18.1 Å². The minimum Gasteiger partial charge on any atom is -0.467 e. The molecule has 0 unspecified atom stereocenters. The highest BCUT2D eigenvalue weighted by Crippen LogP contribution is 2.38. The Kier molecular flexibility index (Phi) is 4.17. The first-order valence-electron chi connectivity index (χ1n) is 6.93. The molecule has 5 nitrogen and oxygen atoms in total. The smallest absolute Gasteiger partial charge is 0.170 e. The van der Waals surface area contributed by atoms with Crippen LogP contribution >= 0.6 is 12.2 Å². The summed E-state index contributed by atoms with van der Waals surface area (Å²) >= 11 is 5.45. The molecule has 1 saturated heterocycles. The van der Waals surface area contributed by atoms with Gasteiger partial charge in [-0.3, -0.25) is 4.98 Å². The van der Waals surface area contributed by atoms with Gasteiger partial charge in [0.1, 0.15) is 11.8 Å². The highest BCUT2D eigenvalue weighted by atomic mass is 32.1. The summed E-state index contributed by atoms with van der Waals surface area (Å²) < 4.78 is 5.60. The Hall–Kier alpha value is -1.92. The van der Waals surface area contributed by atoms with Crippen molar-refractivity contribution in [2.75, 3.05) is 13.2 Å². The van der Waals surface area contributed by atoms with Gasteiger partial charge in [-0.15, -0.1) is 0 Å². The van der Waals surface area contributed by atoms with E-state index in [1.165, 1.54) is 0 Å². The van der Waals surface area contributed by atoms with Crippen molar-refractivity contribution in [2.24, 2.45) is 0 Å².